The number of hydrogen-bond donors (Lipinski definition) is 0. The zero-order chi connectivity index (χ0) is 17.3. The molecule has 1 rings (SSSR count). The fraction of sp³-hybridized carbons (Fsp3) is 0.944. The molecule has 1 fully saturated rings. The van der Waals surface area contributed by atoms with Gasteiger partial charge in [0.2, 0.25) is 0 Å². The van der Waals surface area contributed by atoms with E-state index in [4.69, 9.17) is 4.74 Å². The molecule has 0 spiro atoms. The largest absolute Gasteiger partial charge is 0.466 e. The van der Waals surface area contributed by atoms with Crippen molar-refractivity contribution in [1.29, 1.82) is 0 Å². The van der Waals surface area contributed by atoms with Gasteiger partial charge in [0.1, 0.15) is 8.24 Å². The van der Waals surface area contributed by atoms with Gasteiger partial charge in [-0.25, -0.2) is 0 Å². The summed E-state index contributed by atoms with van der Waals surface area (Å²) in [6, 6.07) is 1.42. The lowest BCUT2D eigenvalue weighted by Crippen LogP contribution is -2.57. The molecule has 0 aromatic heterocycles. The minimum atomic E-state index is -1.24. The predicted molar refractivity (Wildman–Crippen MR) is 100 cm³/mol. The molecule has 0 aromatic rings. The number of carbonyl (C=O) groups excluding carboxylic acids is 1. The molecule has 0 N–H and O–H groups in total. The highest BCUT2D eigenvalue weighted by molar-refractivity contribution is 6.74. The maximum Gasteiger partial charge on any atom is 0.309 e. The molecule has 0 amide bonds. The summed E-state index contributed by atoms with van der Waals surface area (Å²) in [5.74, 6) is -0.0682. The van der Waals surface area contributed by atoms with Crippen molar-refractivity contribution >= 4 is 14.2 Å². The second-order valence-electron chi connectivity index (χ2n) is 7.56. The second kappa shape index (κ2) is 10.5. The number of piperazine rings is 1. The Morgan fingerprint density at radius 1 is 1.09 bits per heavy atom. The van der Waals surface area contributed by atoms with Crippen LogP contribution >= 0.6 is 0 Å². The SMILES string of the molecule is CCCCCC[Si](C)(C)N1CCN(CC(C)C(=O)OCC)CC1. The Labute approximate surface area is 144 Å². The van der Waals surface area contributed by atoms with Crippen molar-refractivity contribution in [3.05, 3.63) is 0 Å². The Hall–Kier alpha value is -0.393. The normalized spacial score (nSPS) is 18.8. The van der Waals surface area contributed by atoms with Crippen LogP contribution < -0.4 is 0 Å². The number of carbonyl (C=O) groups is 1. The van der Waals surface area contributed by atoms with E-state index in [1.807, 2.05) is 13.8 Å². The van der Waals surface area contributed by atoms with Crippen LogP contribution in [0.4, 0.5) is 0 Å². The van der Waals surface area contributed by atoms with Crippen molar-refractivity contribution in [1.82, 2.24) is 9.47 Å². The lowest BCUT2D eigenvalue weighted by atomic mass is 10.1. The molecule has 1 unspecified atom stereocenters. The van der Waals surface area contributed by atoms with Crippen LogP contribution in [0.25, 0.3) is 0 Å². The van der Waals surface area contributed by atoms with Crippen LogP contribution in [0.2, 0.25) is 19.1 Å². The molecule has 136 valence electrons. The molecule has 1 aliphatic rings. The molecule has 0 aliphatic carbocycles. The van der Waals surface area contributed by atoms with Crippen LogP contribution in [0.3, 0.4) is 0 Å². The van der Waals surface area contributed by atoms with Gasteiger partial charge in [-0.15, -0.1) is 0 Å². The zero-order valence-corrected chi connectivity index (χ0v) is 17.1. The van der Waals surface area contributed by atoms with E-state index < -0.39 is 8.24 Å². The summed E-state index contributed by atoms with van der Waals surface area (Å²) in [5, 5.41) is 0. The summed E-state index contributed by atoms with van der Waals surface area (Å²) < 4.78 is 7.88. The maximum atomic E-state index is 11.8. The van der Waals surface area contributed by atoms with Crippen LogP contribution in [0.15, 0.2) is 0 Å². The van der Waals surface area contributed by atoms with Gasteiger partial charge in [0, 0.05) is 32.7 Å². The molecular weight excluding hydrogens is 304 g/mol. The van der Waals surface area contributed by atoms with E-state index in [9.17, 15) is 4.79 Å². The van der Waals surface area contributed by atoms with Crippen molar-refractivity contribution < 1.29 is 9.53 Å². The van der Waals surface area contributed by atoms with Gasteiger partial charge in [-0.3, -0.25) is 4.79 Å². The fourth-order valence-corrected chi connectivity index (χ4v) is 6.27. The minimum Gasteiger partial charge on any atom is -0.466 e. The average molecular weight is 343 g/mol. The molecule has 1 atom stereocenters. The van der Waals surface area contributed by atoms with Crippen LogP contribution in [0.5, 0.6) is 0 Å². The van der Waals surface area contributed by atoms with Gasteiger partial charge in [-0.05, 0) is 13.0 Å². The van der Waals surface area contributed by atoms with Gasteiger partial charge >= 0.3 is 5.97 Å². The predicted octanol–water partition coefficient (Wildman–Crippen LogP) is 3.59. The van der Waals surface area contributed by atoms with Gasteiger partial charge in [0.05, 0.1) is 12.5 Å². The number of rotatable bonds is 10. The third kappa shape index (κ3) is 7.35. The van der Waals surface area contributed by atoms with E-state index in [0.717, 1.165) is 19.6 Å². The van der Waals surface area contributed by atoms with E-state index in [-0.39, 0.29) is 11.9 Å². The molecule has 0 aromatic carbocycles. The van der Waals surface area contributed by atoms with E-state index in [1.54, 1.807) is 0 Å². The molecule has 23 heavy (non-hydrogen) atoms. The Morgan fingerprint density at radius 3 is 2.30 bits per heavy atom. The van der Waals surface area contributed by atoms with Crippen molar-refractivity contribution in [2.75, 3.05) is 39.3 Å². The molecule has 1 saturated heterocycles. The van der Waals surface area contributed by atoms with E-state index in [1.165, 1.54) is 44.8 Å². The Kier molecular flexibility index (Phi) is 9.40. The van der Waals surface area contributed by atoms with E-state index in [2.05, 4.69) is 29.5 Å². The number of nitrogens with zero attached hydrogens (tertiary/aromatic N) is 2. The van der Waals surface area contributed by atoms with Gasteiger partial charge in [0.25, 0.3) is 0 Å². The van der Waals surface area contributed by atoms with Crippen molar-refractivity contribution in [2.45, 2.75) is 65.6 Å². The second-order valence-corrected chi connectivity index (χ2v) is 12.3. The quantitative estimate of drug-likeness (QED) is 0.345. The third-order valence-electron chi connectivity index (χ3n) is 5.09. The third-order valence-corrected chi connectivity index (χ3v) is 8.83. The molecule has 1 aliphatic heterocycles. The van der Waals surface area contributed by atoms with Crippen LogP contribution in [-0.2, 0) is 9.53 Å². The first-order valence-corrected chi connectivity index (χ1v) is 12.7. The van der Waals surface area contributed by atoms with E-state index in [0.29, 0.717) is 6.61 Å². The number of hydrogen-bond acceptors (Lipinski definition) is 4. The highest BCUT2D eigenvalue weighted by atomic mass is 28.3. The number of unbranched alkanes of at least 4 members (excludes halogenated alkanes) is 3. The Balaban J connectivity index is 2.32. The lowest BCUT2D eigenvalue weighted by molar-refractivity contribution is -0.148. The average Bonchev–Trinajstić information content (AvgIpc) is 2.52. The standard InChI is InChI=1S/C18H38N2O2Si/c1-6-8-9-10-15-23(4,5)20-13-11-19(12-14-20)16-17(3)18(21)22-7-2/h17H,6-16H2,1-5H3. The molecule has 4 nitrogen and oxygen atoms in total. The molecular formula is C18H38N2O2Si. The maximum absolute atomic E-state index is 11.8. The van der Waals surface area contributed by atoms with Crippen LogP contribution in [0.1, 0.15) is 46.5 Å². The summed E-state index contributed by atoms with van der Waals surface area (Å²) in [6.45, 7) is 17.0. The van der Waals surface area contributed by atoms with Crippen molar-refractivity contribution in [2.24, 2.45) is 5.92 Å². The van der Waals surface area contributed by atoms with Crippen LogP contribution in [0, 0.1) is 5.92 Å². The van der Waals surface area contributed by atoms with Gasteiger partial charge in [-0.2, -0.15) is 0 Å². The monoisotopic (exact) mass is 342 g/mol. The summed E-state index contributed by atoms with van der Waals surface area (Å²) >= 11 is 0. The highest BCUT2D eigenvalue weighted by Gasteiger charge is 2.32. The summed E-state index contributed by atoms with van der Waals surface area (Å²) in [7, 11) is -1.24. The first kappa shape index (κ1) is 20.7. The topological polar surface area (TPSA) is 32.8 Å². The highest BCUT2D eigenvalue weighted by Crippen LogP contribution is 2.21. The minimum absolute atomic E-state index is 0.0131. The first-order valence-electron chi connectivity index (χ1n) is 9.54. The lowest BCUT2D eigenvalue weighted by Gasteiger charge is -2.43. The first-order chi connectivity index (χ1) is 10.9. The molecule has 0 bridgehead atoms. The molecule has 1 heterocycles. The van der Waals surface area contributed by atoms with Crippen LogP contribution in [-0.4, -0.2) is 63.0 Å². The fourth-order valence-electron chi connectivity index (χ4n) is 3.42. The summed E-state index contributed by atoms with van der Waals surface area (Å²) in [5.41, 5.74) is 0. The Morgan fingerprint density at radius 2 is 1.74 bits per heavy atom. The smallest absolute Gasteiger partial charge is 0.309 e. The van der Waals surface area contributed by atoms with Gasteiger partial charge in [0.15, 0.2) is 0 Å². The van der Waals surface area contributed by atoms with Gasteiger partial charge < -0.3 is 14.2 Å². The summed E-state index contributed by atoms with van der Waals surface area (Å²) in [6.07, 6.45) is 5.49. The van der Waals surface area contributed by atoms with Crippen molar-refractivity contribution in [3.63, 3.8) is 0 Å². The molecule has 5 heteroatoms. The summed E-state index contributed by atoms with van der Waals surface area (Å²) in [4.78, 5) is 14.2. The number of ether oxygens (including phenoxy) is 1. The van der Waals surface area contributed by atoms with E-state index >= 15 is 0 Å². The number of esters is 1. The zero-order valence-electron chi connectivity index (χ0n) is 16.1. The molecule has 0 radical (unpaired) electrons. The molecule has 0 saturated carbocycles. The van der Waals surface area contributed by atoms with Crippen molar-refractivity contribution in [3.8, 4) is 0 Å². The van der Waals surface area contributed by atoms with Gasteiger partial charge in [-0.1, -0.05) is 52.6 Å². The Bertz CT molecular complexity index is 342.